The van der Waals surface area contributed by atoms with Crippen LogP contribution in [0.15, 0.2) is 24.3 Å². The van der Waals surface area contributed by atoms with E-state index in [1.807, 2.05) is 14.1 Å². The summed E-state index contributed by atoms with van der Waals surface area (Å²) >= 11 is 0. The van der Waals surface area contributed by atoms with E-state index in [1.165, 1.54) is 5.56 Å². The highest BCUT2D eigenvalue weighted by Gasteiger charge is 2.37. The Labute approximate surface area is 164 Å². The molecule has 0 spiro atoms. The van der Waals surface area contributed by atoms with Crippen molar-refractivity contribution in [2.75, 3.05) is 80.1 Å². The number of hydrogen-bond acceptors (Lipinski definition) is 6. The van der Waals surface area contributed by atoms with Gasteiger partial charge in [-0.3, -0.25) is 9.80 Å². The standard InChI is InChI=1S/C21H36N4O2/c1-22(2)14-15-27-20-6-4-19(5-7-20)16-25-9-8-21(26,18-25)17-24-12-10-23(3)11-13-24/h4-7,26H,8-18H2,1-3H3/t21-/m0/s1. The summed E-state index contributed by atoms with van der Waals surface area (Å²) in [5, 5.41) is 11.0. The molecule has 6 nitrogen and oxygen atoms in total. The molecule has 0 bridgehead atoms. The van der Waals surface area contributed by atoms with E-state index in [2.05, 4.69) is 50.9 Å². The average molecular weight is 377 g/mol. The number of β-amino-alcohol motifs (C(OH)–C–C–N with tert-alkyl or cyclic N) is 1. The molecule has 1 aromatic rings. The smallest absolute Gasteiger partial charge is 0.119 e. The van der Waals surface area contributed by atoms with Crippen LogP contribution >= 0.6 is 0 Å². The van der Waals surface area contributed by atoms with E-state index in [0.717, 1.165) is 71.1 Å². The summed E-state index contributed by atoms with van der Waals surface area (Å²) in [7, 11) is 6.27. The first kappa shape index (κ1) is 20.6. The van der Waals surface area contributed by atoms with E-state index >= 15 is 0 Å². The molecule has 0 aliphatic carbocycles. The quantitative estimate of drug-likeness (QED) is 0.724. The third-order valence-corrected chi connectivity index (χ3v) is 5.66. The van der Waals surface area contributed by atoms with Crippen LogP contribution in [-0.2, 0) is 6.54 Å². The van der Waals surface area contributed by atoms with Gasteiger partial charge in [0.05, 0.1) is 5.60 Å². The summed E-state index contributed by atoms with van der Waals surface area (Å²) in [5.74, 6) is 0.925. The average Bonchev–Trinajstić information content (AvgIpc) is 2.99. The number of ether oxygens (including phenoxy) is 1. The highest BCUT2D eigenvalue weighted by Crippen LogP contribution is 2.25. The molecule has 2 aliphatic rings. The van der Waals surface area contributed by atoms with E-state index in [0.29, 0.717) is 6.61 Å². The lowest BCUT2D eigenvalue weighted by Gasteiger charge is -2.36. The second kappa shape index (κ2) is 9.34. The molecule has 1 N–H and O–H groups in total. The van der Waals surface area contributed by atoms with Crippen LogP contribution in [-0.4, -0.2) is 110 Å². The van der Waals surface area contributed by atoms with Crippen LogP contribution in [0.4, 0.5) is 0 Å². The number of rotatable bonds is 8. The predicted molar refractivity (Wildman–Crippen MR) is 109 cm³/mol. The van der Waals surface area contributed by atoms with Gasteiger partial charge in [0.15, 0.2) is 0 Å². The Kier molecular flexibility index (Phi) is 7.11. The second-order valence-corrected chi connectivity index (χ2v) is 8.56. The maximum atomic E-state index is 11.0. The Hall–Kier alpha value is -1.18. The van der Waals surface area contributed by atoms with Crippen molar-refractivity contribution in [3.8, 4) is 5.75 Å². The third-order valence-electron chi connectivity index (χ3n) is 5.66. The Morgan fingerprint density at radius 1 is 1.04 bits per heavy atom. The van der Waals surface area contributed by atoms with Gasteiger partial charge in [0, 0.05) is 58.9 Å². The molecular weight excluding hydrogens is 340 g/mol. The first-order valence-electron chi connectivity index (χ1n) is 10.1. The second-order valence-electron chi connectivity index (χ2n) is 8.56. The third kappa shape index (κ3) is 6.43. The van der Waals surface area contributed by atoms with E-state index in [1.54, 1.807) is 0 Å². The molecule has 0 amide bonds. The van der Waals surface area contributed by atoms with Crippen molar-refractivity contribution < 1.29 is 9.84 Å². The molecule has 2 saturated heterocycles. The Morgan fingerprint density at radius 3 is 2.41 bits per heavy atom. The van der Waals surface area contributed by atoms with Gasteiger partial charge in [-0.1, -0.05) is 12.1 Å². The molecule has 3 rings (SSSR count). The number of nitrogens with zero attached hydrogens (tertiary/aromatic N) is 4. The summed E-state index contributed by atoms with van der Waals surface area (Å²) in [6.45, 7) is 9.37. The number of benzene rings is 1. The number of likely N-dealkylation sites (N-methyl/N-ethyl adjacent to an activating group) is 2. The van der Waals surface area contributed by atoms with Crippen molar-refractivity contribution in [2.45, 2.75) is 18.6 Å². The largest absolute Gasteiger partial charge is 0.492 e. The van der Waals surface area contributed by atoms with Gasteiger partial charge in [-0.2, -0.15) is 0 Å². The lowest BCUT2D eigenvalue weighted by Crippen LogP contribution is -2.51. The SMILES string of the molecule is CN(C)CCOc1ccc(CN2CC[C@](O)(CN3CCN(C)CC3)C2)cc1. The maximum absolute atomic E-state index is 11.0. The summed E-state index contributed by atoms with van der Waals surface area (Å²) in [6, 6.07) is 8.39. The van der Waals surface area contributed by atoms with Crippen LogP contribution in [0, 0.1) is 0 Å². The van der Waals surface area contributed by atoms with Crippen molar-refractivity contribution in [1.82, 2.24) is 19.6 Å². The summed E-state index contributed by atoms with van der Waals surface area (Å²) in [4.78, 5) is 9.27. The number of aliphatic hydroxyl groups is 1. The molecule has 0 unspecified atom stereocenters. The van der Waals surface area contributed by atoms with Crippen molar-refractivity contribution in [3.63, 3.8) is 0 Å². The van der Waals surface area contributed by atoms with Gasteiger partial charge in [-0.15, -0.1) is 0 Å². The molecule has 1 atom stereocenters. The minimum Gasteiger partial charge on any atom is -0.492 e. The van der Waals surface area contributed by atoms with Crippen molar-refractivity contribution in [1.29, 1.82) is 0 Å². The maximum Gasteiger partial charge on any atom is 0.119 e. The van der Waals surface area contributed by atoms with Crippen molar-refractivity contribution in [3.05, 3.63) is 29.8 Å². The fraction of sp³-hybridized carbons (Fsp3) is 0.714. The number of likely N-dealkylation sites (tertiary alicyclic amines) is 1. The Balaban J connectivity index is 1.43. The van der Waals surface area contributed by atoms with E-state index < -0.39 is 5.60 Å². The van der Waals surface area contributed by atoms with Crippen LogP contribution in [0.3, 0.4) is 0 Å². The molecule has 2 aliphatic heterocycles. The monoisotopic (exact) mass is 376 g/mol. The van der Waals surface area contributed by atoms with E-state index in [9.17, 15) is 5.11 Å². The fourth-order valence-electron chi connectivity index (χ4n) is 3.92. The predicted octanol–water partition coefficient (Wildman–Crippen LogP) is 0.811. The number of piperazine rings is 1. The van der Waals surface area contributed by atoms with Crippen LogP contribution in [0.5, 0.6) is 5.75 Å². The van der Waals surface area contributed by atoms with Crippen LogP contribution < -0.4 is 4.74 Å². The fourth-order valence-corrected chi connectivity index (χ4v) is 3.92. The van der Waals surface area contributed by atoms with Gasteiger partial charge < -0.3 is 19.6 Å². The topological polar surface area (TPSA) is 42.4 Å². The van der Waals surface area contributed by atoms with Gasteiger partial charge in [-0.05, 0) is 45.3 Å². The van der Waals surface area contributed by atoms with Crippen LogP contribution in [0.25, 0.3) is 0 Å². The highest BCUT2D eigenvalue weighted by molar-refractivity contribution is 5.27. The zero-order chi connectivity index (χ0) is 19.3. The molecule has 0 saturated carbocycles. The minimum absolute atomic E-state index is 0.564. The summed E-state index contributed by atoms with van der Waals surface area (Å²) in [6.07, 6.45) is 0.866. The normalized spacial score (nSPS) is 25.4. The van der Waals surface area contributed by atoms with Gasteiger partial charge in [-0.25, -0.2) is 0 Å². The van der Waals surface area contributed by atoms with E-state index in [4.69, 9.17) is 4.74 Å². The molecule has 6 heteroatoms. The zero-order valence-corrected chi connectivity index (χ0v) is 17.2. The van der Waals surface area contributed by atoms with Crippen LogP contribution in [0.1, 0.15) is 12.0 Å². The van der Waals surface area contributed by atoms with Crippen molar-refractivity contribution >= 4 is 0 Å². The van der Waals surface area contributed by atoms with Gasteiger partial charge >= 0.3 is 0 Å². The zero-order valence-electron chi connectivity index (χ0n) is 17.2. The van der Waals surface area contributed by atoms with Gasteiger partial charge in [0.25, 0.3) is 0 Å². The van der Waals surface area contributed by atoms with Gasteiger partial charge in [0.1, 0.15) is 12.4 Å². The Morgan fingerprint density at radius 2 is 1.74 bits per heavy atom. The first-order chi connectivity index (χ1) is 12.9. The molecule has 2 heterocycles. The lowest BCUT2D eigenvalue weighted by atomic mass is 10.0. The molecule has 152 valence electrons. The molecular formula is C21H36N4O2. The molecule has 0 radical (unpaired) electrons. The Bertz CT molecular complexity index is 572. The molecule has 1 aromatic carbocycles. The summed E-state index contributed by atoms with van der Waals surface area (Å²) < 4.78 is 5.76. The molecule has 2 fully saturated rings. The van der Waals surface area contributed by atoms with E-state index in [-0.39, 0.29) is 0 Å². The lowest BCUT2D eigenvalue weighted by molar-refractivity contribution is -0.000370. The molecule has 27 heavy (non-hydrogen) atoms. The number of hydrogen-bond donors (Lipinski definition) is 1. The molecule has 0 aromatic heterocycles. The van der Waals surface area contributed by atoms with Crippen molar-refractivity contribution in [2.24, 2.45) is 0 Å². The summed E-state index contributed by atoms with van der Waals surface area (Å²) in [5.41, 5.74) is 0.712. The van der Waals surface area contributed by atoms with Crippen LogP contribution in [0.2, 0.25) is 0 Å². The first-order valence-corrected chi connectivity index (χ1v) is 10.1. The highest BCUT2D eigenvalue weighted by atomic mass is 16.5. The van der Waals surface area contributed by atoms with Gasteiger partial charge in [0.2, 0.25) is 0 Å². The minimum atomic E-state index is -0.564.